The minimum Gasteiger partial charge on any atom is -0.353 e. The third-order valence-corrected chi connectivity index (χ3v) is 3.00. The minimum absolute atomic E-state index is 0.0945. The lowest BCUT2D eigenvalue weighted by Crippen LogP contribution is -2.45. The number of nitrogens with one attached hydrogen (secondary N) is 2. The van der Waals surface area contributed by atoms with Gasteiger partial charge in [0.05, 0.1) is 6.54 Å². The second kappa shape index (κ2) is 6.89. The second-order valence-electron chi connectivity index (χ2n) is 5.73. The van der Waals surface area contributed by atoms with Crippen LogP contribution in [0.5, 0.6) is 0 Å². The van der Waals surface area contributed by atoms with Crippen molar-refractivity contribution in [1.82, 2.24) is 10.6 Å². The van der Waals surface area contributed by atoms with E-state index in [1.54, 1.807) is 0 Å². The van der Waals surface area contributed by atoms with Gasteiger partial charge in [-0.25, -0.2) is 0 Å². The van der Waals surface area contributed by atoms with E-state index in [4.69, 9.17) is 0 Å². The molecule has 0 saturated carbocycles. The van der Waals surface area contributed by atoms with E-state index < -0.39 is 0 Å². The Morgan fingerprint density at radius 1 is 1.25 bits per heavy atom. The van der Waals surface area contributed by atoms with Crippen molar-refractivity contribution in [1.29, 1.82) is 0 Å². The van der Waals surface area contributed by atoms with E-state index in [2.05, 4.69) is 52.2 Å². The predicted molar refractivity (Wildman–Crippen MR) is 69.4 cm³/mol. The maximum Gasteiger partial charge on any atom is 0.234 e. The molecule has 0 aromatic heterocycles. The van der Waals surface area contributed by atoms with Crippen LogP contribution in [0.15, 0.2) is 0 Å². The van der Waals surface area contributed by atoms with E-state index in [9.17, 15) is 4.79 Å². The summed E-state index contributed by atoms with van der Waals surface area (Å²) in [4.78, 5) is 11.6. The lowest BCUT2D eigenvalue weighted by atomic mass is 9.88. The van der Waals surface area contributed by atoms with Gasteiger partial charge in [0, 0.05) is 12.1 Å². The van der Waals surface area contributed by atoms with E-state index in [0.717, 1.165) is 12.8 Å². The van der Waals surface area contributed by atoms with E-state index in [0.29, 0.717) is 12.6 Å². The molecule has 2 unspecified atom stereocenters. The highest BCUT2D eigenvalue weighted by Gasteiger charge is 2.20. The molecule has 0 aliphatic carbocycles. The van der Waals surface area contributed by atoms with Crippen LogP contribution < -0.4 is 10.6 Å². The van der Waals surface area contributed by atoms with Gasteiger partial charge in [0.2, 0.25) is 5.91 Å². The van der Waals surface area contributed by atoms with Crippen LogP contribution in [-0.4, -0.2) is 24.5 Å². The molecular weight excluding hydrogens is 200 g/mol. The second-order valence-corrected chi connectivity index (χ2v) is 5.73. The van der Waals surface area contributed by atoms with Gasteiger partial charge < -0.3 is 10.6 Å². The van der Waals surface area contributed by atoms with Crippen LogP contribution in [0.4, 0.5) is 0 Å². The lowest BCUT2D eigenvalue weighted by Gasteiger charge is -2.28. The monoisotopic (exact) mass is 228 g/mol. The molecule has 0 aromatic rings. The molecule has 0 aliphatic heterocycles. The highest BCUT2D eigenvalue weighted by molar-refractivity contribution is 5.78. The fourth-order valence-corrected chi connectivity index (χ4v) is 1.38. The number of carbonyl (C=O) groups is 1. The predicted octanol–water partition coefficient (Wildman–Crippen LogP) is 2.32. The van der Waals surface area contributed by atoms with Crippen molar-refractivity contribution >= 4 is 5.91 Å². The Labute approximate surface area is 100 Å². The van der Waals surface area contributed by atoms with Gasteiger partial charge in [-0.1, -0.05) is 34.1 Å². The van der Waals surface area contributed by atoms with Crippen molar-refractivity contribution in [2.45, 2.75) is 66.5 Å². The van der Waals surface area contributed by atoms with Crippen LogP contribution in [0.25, 0.3) is 0 Å². The Bertz CT molecular complexity index is 208. The molecule has 0 radical (unpaired) electrons. The third-order valence-electron chi connectivity index (χ3n) is 3.00. The van der Waals surface area contributed by atoms with E-state index >= 15 is 0 Å². The highest BCUT2D eigenvalue weighted by Crippen LogP contribution is 2.17. The molecule has 0 bridgehead atoms. The van der Waals surface area contributed by atoms with Crippen LogP contribution in [-0.2, 0) is 4.79 Å². The van der Waals surface area contributed by atoms with Gasteiger partial charge in [0.1, 0.15) is 0 Å². The highest BCUT2D eigenvalue weighted by atomic mass is 16.1. The Morgan fingerprint density at radius 2 is 1.81 bits per heavy atom. The first kappa shape index (κ1) is 15.4. The molecule has 0 aliphatic rings. The van der Waals surface area contributed by atoms with Gasteiger partial charge in [-0.2, -0.15) is 0 Å². The fourth-order valence-electron chi connectivity index (χ4n) is 1.38. The molecule has 3 nitrogen and oxygen atoms in total. The fraction of sp³-hybridized carbons (Fsp3) is 0.923. The zero-order valence-electron chi connectivity index (χ0n) is 11.7. The number of hydrogen-bond acceptors (Lipinski definition) is 2. The summed E-state index contributed by atoms with van der Waals surface area (Å²) in [5, 5.41) is 6.24. The average Bonchev–Trinajstić information content (AvgIpc) is 2.12. The van der Waals surface area contributed by atoms with Crippen LogP contribution in [0.1, 0.15) is 54.4 Å². The number of carbonyl (C=O) groups excluding carboxylic acids is 1. The Morgan fingerprint density at radius 3 is 2.25 bits per heavy atom. The molecule has 0 spiro atoms. The summed E-state index contributed by atoms with van der Waals surface area (Å²) in [7, 11) is 0. The van der Waals surface area contributed by atoms with Crippen LogP contribution in [0.2, 0.25) is 0 Å². The Balaban J connectivity index is 3.82. The first-order valence-corrected chi connectivity index (χ1v) is 6.30. The van der Waals surface area contributed by atoms with Gasteiger partial charge in [0.15, 0.2) is 0 Å². The summed E-state index contributed by atoms with van der Waals surface area (Å²) < 4.78 is 0. The quantitative estimate of drug-likeness (QED) is 0.732. The molecule has 2 atom stereocenters. The summed E-state index contributed by atoms with van der Waals surface area (Å²) >= 11 is 0. The first-order chi connectivity index (χ1) is 7.27. The first-order valence-electron chi connectivity index (χ1n) is 6.30. The standard InChI is InChI=1S/C13H28N2O/c1-7-8-10(2)15-12(16)9-14-11(3)13(4,5)6/h10-11,14H,7-9H2,1-6H3,(H,15,16). The van der Waals surface area contributed by atoms with Crippen molar-refractivity contribution in [3.63, 3.8) is 0 Å². The maximum atomic E-state index is 11.6. The molecule has 16 heavy (non-hydrogen) atoms. The van der Waals surface area contributed by atoms with E-state index in [-0.39, 0.29) is 17.4 Å². The molecule has 0 fully saturated rings. The van der Waals surface area contributed by atoms with Crippen LogP contribution >= 0.6 is 0 Å². The molecule has 3 heteroatoms. The maximum absolute atomic E-state index is 11.6. The largest absolute Gasteiger partial charge is 0.353 e. The molecule has 0 rings (SSSR count). The van der Waals surface area contributed by atoms with Crippen molar-refractivity contribution < 1.29 is 4.79 Å². The number of hydrogen-bond donors (Lipinski definition) is 2. The summed E-state index contributed by atoms with van der Waals surface area (Å²) in [6, 6.07) is 0.615. The van der Waals surface area contributed by atoms with Gasteiger partial charge in [0.25, 0.3) is 0 Å². The van der Waals surface area contributed by atoms with Crippen molar-refractivity contribution in [3.8, 4) is 0 Å². The van der Waals surface area contributed by atoms with E-state index in [1.807, 2.05) is 0 Å². The van der Waals surface area contributed by atoms with Gasteiger partial charge in [-0.3, -0.25) is 4.79 Å². The van der Waals surface area contributed by atoms with Crippen LogP contribution in [0, 0.1) is 5.41 Å². The van der Waals surface area contributed by atoms with Gasteiger partial charge >= 0.3 is 0 Å². The molecule has 0 saturated heterocycles. The SMILES string of the molecule is CCCC(C)NC(=O)CNC(C)C(C)(C)C. The number of rotatable bonds is 6. The van der Waals surface area contributed by atoms with Crippen molar-refractivity contribution in [2.24, 2.45) is 5.41 Å². The molecule has 2 N–H and O–H groups in total. The molecule has 1 amide bonds. The van der Waals surface area contributed by atoms with E-state index in [1.165, 1.54) is 0 Å². The third kappa shape index (κ3) is 6.83. The van der Waals surface area contributed by atoms with Crippen molar-refractivity contribution in [3.05, 3.63) is 0 Å². The Kier molecular flexibility index (Phi) is 6.65. The normalized spacial score (nSPS) is 15.6. The van der Waals surface area contributed by atoms with Gasteiger partial charge in [-0.15, -0.1) is 0 Å². The van der Waals surface area contributed by atoms with Crippen LogP contribution in [0.3, 0.4) is 0 Å². The average molecular weight is 228 g/mol. The molecule has 0 aromatic carbocycles. The summed E-state index contributed by atoms with van der Waals surface area (Å²) in [5.41, 5.74) is 0.190. The topological polar surface area (TPSA) is 41.1 Å². The summed E-state index contributed by atoms with van der Waals surface area (Å²) in [6.07, 6.45) is 2.15. The summed E-state index contributed by atoms with van der Waals surface area (Å²) in [5.74, 6) is 0.0945. The molecular formula is C13H28N2O. The zero-order valence-corrected chi connectivity index (χ0v) is 11.7. The number of amides is 1. The summed E-state index contributed by atoms with van der Waals surface area (Å²) in [6.45, 7) is 13.2. The minimum atomic E-state index is 0.0945. The Hall–Kier alpha value is -0.570. The van der Waals surface area contributed by atoms with Gasteiger partial charge in [-0.05, 0) is 25.7 Å². The lowest BCUT2D eigenvalue weighted by molar-refractivity contribution is -0.121. The smallest absolute Gasteiger partial charge is 0.234 e. The van der Waals surface area contributed by atoms with Crippen molar-refractivity contribution in [2.75, 3.05) is 6.54 Å². The zero-order chi connectivity index (χ0) is 12.8. The molecule has 0 heterocycles. The molecule has 96 valence electrons.